The quantitative estimate of drug-likeness (QED) is 0.371. The van der Waals surface area contributed by atoms with Crippen LogP contribution >= 0.6 is 0 Å². The second-order valence-electron chi connectivity index (χ2n) is 5.54. The summed E-state index contributed by atoms with van der Waals surface area (Å²) in [6.07, 6.45) is 6.73. The fraction of sp³-hybridized carbons (Fsp3) is 0.500. The highest BCUT2D eigenvalue weighted by Gasteiger charge is 2.22. The third-order valence-corrected chi connectivity index (χ3v) is 2.92. The van der Waals surface area contributed by atoms with E-state index in [-0.39, 0.29) is 17.1 Å². The Kier molecular flexibility index (Phi) is 6.53. The first-order valence-corrected chi connectivity index (χ1v) is 6.25. The fourth-order valence-electron chi connectivity index (χ4n) is 1.51. The van der Waals surface area contributed by atoms with Gasteiger partial charge in [-0.2, -0.15) is 0 Å². The third kappa shape index (κ3) is 6.33. The molecular weight excluding hydrogens is 224 g/mol. The van der Waals surface area contributed by atoms with E-state index in [0.717, 1.165) is 18.1 Å². The molecule has 0 rings (SSSR count). The molecule has 0 aliphatic carbocycles. The maximum absolute atomic E-state index is 11.6. The molecule has 18 heavy (non-hydrogen) atoms. The van der Waals surface area contributed by atoms with Gasteiger partial charge in [0.2, 0.25) is 11.6 Å². The van der Waals surface area contributed by atoms with Crippen molar-refractivity contribution in [3.63, 3.8) is 0 Å². The predicted octanol–water partition coefficient (Wildman–Crippen LogP) is 3.89. The van der Waals surface area contributed by atoms with Gasteiger partial charge in [0.25, 0.3) is 0 Å². The summed E-state index contributed by atoms with van der Waals surface area (Å²) in [4.78, 5) is 22.8. The Morgan fingerprint density at radius 2 is 1.89 bits per heavy atom. The third-order valence-electron chi connectivity index (χ3n) is 2.92. The highest BCUT2D eigenvalue weighted by atomic mass is 16.2. The standard InChI is InChI=1S/C16H24O2/c1-7-14(17)15(18)13(4)9-11-16(5,6)10-8-12(2)3/h7-8,10,13H,1-2,9,11H2,3-6H3/b10-8+/t13-/m0/s1. The van der Waals surface area contributed by atoms with Gasteiger partial charge in [-0.15, -0.1) is 0 Å². The van der Waals surface area contributed by atoms with E-state index in [1.165, 1.54) is 0 Å². The molecule has 0 heterocycles. The Morgan fingerprint density at radius 1 is 1.33 bits per heavy atom. The van der Waals surface area contributed by atoms with E-state index in [4.69, 9.17) is 0 Å². The molecule has 0 aromatic heterocycles. The van der Waals surface area contributed by atoms with E-state index in [9.17, 15) is 9.59 Å². The molecule has 0 N–H and O–H groups in total. The van der Waals surface area contributed by atoms with Crippen molar-refractivity contribution >= 4 is 11.6 Å². The first kappa shape index (κ1) is 16.6. The van der Waals surface area contributed by atoms with Crippen LogP contribution in [0.15, 0.2) is 37.0 Å². The molecule has 0 unspecified atom stereocenters. The molecule has 0 aromatic rings. The Morgan fingerprint density at radius 3 is 2.33 bits per heavy atom. The Hall–Kier alpha value is -1.44. The molecule has 2 heteroatoms. The molecule has 0 aromatic carbocycles. The molecule has 0 aliphatic heterocycles. The lowest BCUT2D eigenvalue weighted by Crippen LogP contribution is -2.21. The van der Waals surface area contributed by atoms with Gasteiger partial charge in [0.05, 0.1) is 0 Å². The maximum atomic E-state index is 11.6. The van der Waals surface area contributed by atoms with Crippen LogP contribution in [0.3, 0.4) is 0 Å². The van der Waals surface area contributed by atoms with Crippen molar-refractivity contribution in [3.05, 3.63) is 37.0 Å². The first-order chi connectivity index (χ1) is 8.19. The molecule has 2 nitrogen and oxygen atoms in total. The molecule has 0 fully saturated rings. The van der Waals surface area contributed by atoms with E-state index in [1.54, 1.807) is 6.92 Å². The highest BCUT2D eigenvalue weighted by molar-refractivity contribution is 6.42. The minimum atomic E-state index is -0.488. The predicted molar refractivity (Wildman–Crippen MR) is 76.3 cm³/mol. The summed E-state index contributed by atoms with van der Waals surface area (Å²) >= 11 is 0. The van der Waals surface area contributed by atoms with Crippen molar-refractivity contribution in [2.24, 2.45) is 11.3 Å². The summed E-state index contributed by atoms with van der Waals surface area (Å²) in [6.45, 7) is 15.1. The smallest absolute Gasteiger partial charge is 0.221 e. The van der Waals surface area contributed by atoms with Crippen LogP contribution in [-0.2, 0) is 9.59 Å². The molecule has 1 atom stereocenters. The SMILES string of the molecule is C=CC(=O)C(=O)[C@@H](C)CCC(C)(C)/C=C/C(=C)C. The largest absolute Gasteiger partial charge is 0.290 e. The maximum Gasteiger partial charge on any atom is 0.221 e. The molecular formula is C16H24O2. The van der Waals surface area contributed by atoms with Crippen molar-refractivity contribution < 1.29 is 9.59 Å². The number of Topliss-reactive ketones (excluding diaryl/α,β-unsaturated/α-hetero) is 1. The average molecular weight is 248 g/mol. The minimum absolute atomic E-state index is 0.00468. The summed E-state index contributed by atoms with van der Waals surface area (Å²) in [6, 6.07) is 0. The summed E-state index contributed by atoms with van der Waals surface area (Å²) in [5.41, 5.74) is 1.01. The van der Waals surface area contributed by atoms with Crippen molar-refractivity contribution in [2.45, 2.75) is 40.5 Å². The normalized spacial score (nSPS) is 13.3. The molecule has 0 aliphatic rings. The van der Waals surface area contributed by atoms with E-state index in [2.05, 4.69) is 33.1 Å². The van der Waals surface area contributed by atoms with Gasteiger partial charge in [-0.1, -0.05) is 51.7 Å². The van der Waals surface area contributed by atoms with Crippen molar-refractivity contribution in [2.75, 3.05) is 0 Å². The van der Waals surface area contributed by atoms with Crippen LogP contribution in [0.25, 0.3) is 0 Å². The molecule has 0 spiro atoms. The van der Waals surface area contributed by atoms with Gasteiger partial charge in [0.1, 0.15) is 0 Å². The van der Waals surface area contributed by atoms with E-state index < -0.39 is 5.78 Å². The molecule has 100 valence electrons. The number of ketones is 2. The number of hydrogen-bond donors (Lipinski definition) is 0. The molecule has 0 bridgehead atoms. The van der Waals surface area contributed by atoms with Crippen LogP contribution in [0.1, 0.15) is 40.5 Å². The number of rotatable bonds is 8. The van der Waals surface area contributed by atoms with Gasteiger partial charge < -0.3 is 0 Å². The van der Waals surface area contributed by atoms with Crippen molar-refractivity contribution in [1.82, 2.24) is 0 Å². The number of hydrogen-bond acceptors (Lipinski definition) is 2. The minimum Gasteiger partial charge on any atom is -0.290 e. The van der Waals surface area contributed by atoms with Crippen LogP contribution in [-0.4, -0.2) is 11.6 Å². The number of carbonyl (C=O) groups is 2. The Balaban J connectivity index is 4.39. The number of carbonyl (C=O) groups excluding carboxylic acids is 2. The van der Waals surface area contributed by atoms with Gasteiger partial charge in [0, 0.05) is 5.92 Å². The van der Waals surface area contributed by atoms with E-state index in [1.807, 2.05) is 13.0 Å². The molecule has 0 saturated carbocycles. The van der Waals surface area contributed by atoms with E-state index in [0.29, 0.717) is 6.42 Å². The topological polar surface area (TPSA) is 34.1 Å². The first-order valence-electron chi connectivity index (χ1n) is 6.25. The lowest BCUT2D eigenvalue weighted by Gasteiger charge is -2.21. The fourth-order valence-corrected chi connectivity index (χ4v) is 1.51. The summed E-state index contributed by atoms with van der Waals surface area (Å²) in [5, 5.41) is 0. The molecule has 0 amide bonds. The summed E-state index contributed by atoms with van der Waals surface area (Å²) in [7, 11) is 0. The number of allylic oxidation sites excluding steroid dienone is 4. The second-order valence-corrected chi connectivity index (χ2v) is 5.54. The van der Waals surface area contributed by atoms with Crippen LogP contribution in [0, 0.1) is 11.3 Å². The van der Waals surface area contributed by atoms with Gasteiger partial charge >= 0.3 is 0 Å². The van der Waals surface area contributed by atoms with Gasteiger partial charge in [-0.3, -0.25) is 9.59 Å². The Labute approximate surface area is 110 Å². The lowest BCUT2D eigenvalue weighted by atomic mass is 9.83. The zero-order valence-electron chi connectivity index (χ0n) is 12.0. The molecule has 0 saturated heterocycles. The van der Waals surface area contributed by atoms with Crippen molar-refractivity contribution in [1.29, 1.82) is 0 Å². The highest BCUT2D eigenvalue weighted by Crippen LogP contribution is 2.27. The zero-order chi connectivity index (χ0) is 14.3. The van der Waals surface area contributed by atoms with Gasteiger partial charge in [-0.25, -0.2) is 0 Å². The van der Waals surface area contributed by atoms with E-state index >= 15 is 0 Å². The average Bonchev–Trinajstić information content (AvgIpc) is 2.31. The monoisotopic (exact) mass is 248 g/mol. The van der Waals surface area contributed by atoms with Crippen LogP contribution in [0.2, 0.25) is 0 Å². The molecule has 0 radical (unpaired) electrons. The zero-order valence-corrected chi connectivity index (χ0v) is 12.0. The van der Waals surface area contributed by atoms with Crippen LogP contribution in [0.5, 0.6) is 0 Å². The van der Waals surface area contributed by atoms with Crippen molar-refractivity contribution in [3.8, 4) is 0 Å². The Bertz CT molecular complexity index is 373. The lowest BCUT2D eigenvalue weighted by molar-refractivity contribution is -0.136. The summed E-state index contributed by atoms with van der Waals surface area (Å²) in [5.74, 6) is -1.07. The summed E-state index contributed by atoms with van der Waals surface area (Å²) < 4.78 is 0. The van der Waals surface area contributed by atoms with Crippen LogP contribution in [0.4, 0.5) is 0 Å². The van der Waals surface area contributed by atoms with Crippen LogP contribution < -0.4 is 0 Å². The second kappa shape index (κ2) is 7.10. The van der Waals surface area contributed by atoms with Gasteiger partial charge in [0.15, 0.2) is 0 Å². The van der Waals surface area contributed by atoms with Gasteiger partial charge in [-0.05, 0) is 31.3 Å².